The van der Waals surface area contributed by atoms with Crippen molar-refractivity contribution in [3.63, 3.8) is 0 Å². The number of aryl methyl sites for hydroxylation is 1. The largest absolute Gasteiger partial charge is 0.444 e. The van der Waals surface area contributed by atoms with Gasteiger partial charge in [-0.1, -0.05) is 0 Å². The maximum atomic E-state index is 12.8. The molecule has 0 aliphatic carbocycles. The van der Waals surface area contributed by atoms with E-state index in [1.165, 1.54) is 0 Å². The molecule has 0 aromatic carbocycles. The van der Waals surface area contributed by atoms with E-state index in [4.69, 9.17) is 4.74 Å². The van der Waals surface area contributed by atoms with Gasteiger partial charge in [-0.05, 0) is 27.8 Å². The maximum Gasteiger partial charge on any atom is 0.410 e. The number of hydrogen-bond donors (Lipinski definition) is 1. The van der Waals surface area contributed by atoms with E-state index < -0.39 is 5.60 Å². The Kier molecular flexibility index (Phi) is 5.43. The third-order valence-electron chi connectivity index (χ3n) is 4.87. The number of hydrazine groups is 1. The van der Waals surface area contributed by atoms with Crippen LogP contribution in [0, 0.1) is 0 Å². The van der Waals surface area contributed by atoms with Crippen molar-refractivity contribution < 1.29 is 14.3 Å². The molecule has 9 nitrogen and oxygen atoms in total. The maximum absolute atomic E-state index is 12.8. The zero-order valence-electron chi connectivity index (χ0n) is 16.9. The average molecular weight is 378 g/mol. The topological polar surface area (TPSA) is 82.9 Å². The summed E-state index contributed by atoms with van der Waals surface area (Å²) < 4.78 is 7.23. The molecular formula is C18H30N6O3. The molecule has 27 heavy (non-hydrogen) atoms. The molecule has 0 bridgehead atoms. The van der Waals surface area contributed by atoms with Crippen molar-refractivity contribution in [3.8, 4) is 0 Å². The standard InChI is InChI=1S/C18H30N6O3/c1-18(2,3)27-17(26)23-7-6-14-13(12-23)15(19-22(14)5)16(25)20-24-10-8-21(4)9-11-24/h6-12H2,1-5H3,(H,20,25). The lowest BCUT2D eigenvalue weighted by Crippen LogP contribution is -2.52. The highest BCUT2D eigenvalue weighted by Crippen LogP contribution is 2.24. The van der Waals surface area contributed by atoms with Crippen LogP contribution in [0.25, 0.3) is 0 Å². The lowest BCUT2D eigenvalue weighted by atomic mass is 10.1. The van der Waals surface area contributed by atoms with Gasteiger partial charge in [-0.2, -0.15) is 5.10 Å². The van der Waals surface area contributed by atoms with Crippen LogP contribution in [0.2, 0.25) is 0 Å². The number of ether oxygens (including phenoxy) is 1. The molecule has 3 heterocycles. The second-order valence-corrected chi connectivity index (χ2v) is 8.28. The predicted molar refractivity (Wildman–Crippen MR) is 100 cm³/mol. The number of fused-ring (bicyclic) bond motifs is 1. The first-order chi connectivity index (χ1) is 12.6. The molecule has 1 saturated heterocycles. The lowest BCUT2D eigenvalue weighted by Gasteiger charge is -2.32. The number of hydrogen-bond acceptors (Lipinski definition) is 6. The van der Waals surface area contributed by atoms with E-state index in [1.807, 2.05) is 32.8 Å². The minimum absolute atomic E-state index is 0.220. The molecule has 1 N–H and O–H groups in total. The van der Waals surface area contributed by atoms with Gasteiger partial charge in [0.05, 0.1) is 6.54 Å². The number of nitrogens with one attached hydrogen (secondary N) is 1. The van der Waals surface area contributed by atoms with Gasteiger partial charge in [-0.25, -0.2) is 9.80 Å². The molecule has 0 atom stereocenters. The van der Waals surface area contributed by atoms with Gasteiger partial charge in [0.2, 0.25) is 0 Å². The molecular weight excluding hydrogens is 348 g/mol. The highest BCUT2D eigenvalue weighted by Gasteiger charge is 2.32. The molecule has 3 rings (SSSR count). The number of likely N-dealkylation sites (N-methyl/N-ethyl adjacent to an activating group) is 1. The molecule has 1 aromatic rings. The Hall–Kier alpha value is -2.13. The van der Waals surface area contributed by atoms with E-state index in [9.17, 15) is 9.59 Å². The van der Waals surface area contributed by atoms with Crippen LogP contribution >= 0.6 is 0 Å². The summed E-state index contributed by atoms with van der Waals surface area (Å²) in [6, 6.07) is 0. The number of nitrogens with zero attached hydrogens (tertiary/aromatic N) is 5. The zero-order valence-corrected chi connectivity index (χ0v) is 16.9. The van der Waals surface area contributed by atoms with E-state index >= 15 is 0 Å². The van der Waals surface area contributed by atoms with Crippen LogP contribution in [0.4, 0.5) is 4.79 Å². The summed E-state index contributed by atoms with van der Waals surface area (Å²) in [6.45, 7) is 9.81. The Bertz CT molecular complexity index is 715. The molecule has 2 aliphatic rings. The first kappa shape index (κ1) is 19.6. The second kappa shape index (κ2) is 7.47. The average Bonchev–Trinajstić information content (AvgIpc) is 2.92. The SMILES string of the molecule is CN1CCN(NC(=O)c2nn(C)c3c2CN(C(=O)OC(C)(C)C)CC3)CC1. The van der Waals surface area contributed by atoms with E-state index in [0.717, 1.165) is 37.4 Å². The summed E-state index contributed by atoms with van der Waals surface area (Å²) in [5.74, 6) is -0.220. The fourth-order valence-corrected chi connectivity index (χ4v) is 3.37. The highest BCUT2D eigenvalue weighted by molar-refractivity contribution is 5.93. The summed E-state index contributed by atoms with van der Waals surface area (Å²) in [5, 5.41) is 6.36. The van der Waals surface area contributed by atoms with Crippen LogP contribution in [0.5, 0.6) is 0 Å². The van der Waals surface area contributed by atoms with E-state index in [2.05, 4.69) is 22.5 Å². The molecule has 0 unspecified atom stereocenters. The fraction of sp³-hybridized carbons (Fsp3) is 0.722. The van der Waals surface area contributed by atoms with Gasteiger partial charge in [-0.3, -0.25) is 14.9 Å². The van der Waals surface area contributed by atoms with Crippen LogP contribution in [0.3, 0.4) is 0 Å². The van der Waals surface area contributed by atoms with Gasteiger partial charge in [0.15, 0.2) is 5.69 Å². The van der Waals surface area contributed by atoms with Crippen molar-refractivity contribution in [2.24, 2.45) is 7.05 Å². The van der Waals surface area contributed by atoms with Gasteiger partial charge < -0.3 is 14.5 Å². The summed E-state index contributed by atoms with van der Waals surface area (Å²) in [7, 11) is 3.91. The fourth-order valence-electron chi connectivity index (χ4n) is 3.37. The summed E-state index contributed by atoms with van der Waals surface area (Å²) in [6.07, 6.45) is 0.294. The normalized spacial score (nSPS) is 18.9. The van der Waals surface area contributed by atoms with Gasteiger partial charge in [0.25, 0.3) is 5.91 Å². The Morgan fingerprint density at radius 1 is 1.07 bits per heavy atom. The third-order valence-corrected chi connectivity index (χ3v) is 4.87. The van der Waals surface area contributed by atoms with Crippen LogP contribution in [-0.2, 0) is 24.8 Å². The van der Waals surface area contributed by atoms with E-state index in [0.29, 0.717) is 25.2 Å². The number of carbonyl (C=O) groups excluding carboxylic acids is 2. The van der Waals surface area contributed by atoms with Crippen molar-refractivity contribution in [2.45, 2.75) is 39.3 Å². The molecule has 0 radical (unpaired) electrons. The number of rotatable bonds is 2. The molecule has 2 amide bonds. The summed E-state index contributed by atoms with van der Waals surface area (Å²) in [4.78, 5) is 29.1. The van der Waals surface area contributed by atoms with Crippen molar-refractivity contribution >= 4 is 12.0 Å². The number of amides is 2. The Balaban J connectivity index is 1.72. The molecule has 150 valence electrons. The number of carbonyl (C=O) groups is 2. The minimum atomic E-state index is -0.548. The van der Waals surface area contributed by atoms with Crippen LogP contribution in [0.15, 0.2) is 0 Å². The third kappa shape index (κ3) is 4.59. The van der Waals surface area contributed by atoms with E-state index in [-0.39, 0.29) is 12.0 Å². The van der Waals surface area contributed by atoms with Gasteiger partial charge >= 0.3 is 6.09 Å². The van der Waals surface area contributed by atoms with Gasteiger partial charge in [0.1, 0.15) is 5.60 Å². The monoisotopic (exact) mass is 378 g/mol. The summed E-state index contributed by atoms with van der Waals surface area (Å²) >= 11 is 0. The molecule has 2 aliphatic heterocycles. The van der Waals surface area contributed by atoms with Crippen molar-refractivity contribution in [2.75, 3.05) is 39.8 Å². The molecule has 0 spiro atoms. The highest BCUT2D eigenvalue weighted by atomic mass is 16.6. The molecule has 1 aromatic heterocycles. The molecule has 9 heteroatoms. The van der Waals surface area contributed by atoms with Crippen molar-refractivity contribution in [1.82, 2.24) is 30.0 Å². The van der Waals surface area contributed by atoms with Crippen molar-refractivity contribution in [1.29, 1.82) is 0 Å². The minimum Gasteiger partial charge on any atom is -0.444 e. The zero-order chi connectivity index (χ0) is 19.8. The van der Waals surface area contributed by atoms with Gasteiger partial charge in [-0.15, -0.1) is 0 Å². The second-order valence-electron chi connectivity index (χ2n) is 8.28. The lowest BCUT2D eigenvalue weighted by molar-refractivity contribution is 0.0221. The van der Waals surface area contributed by atoms with Crippen molar-refractivity contribution in [3.05, 3.63) is 17.0 Å². The molecule has 0 saturated carbocycles. The first-order valence-corrected chi connectivity index (χ1v) is 9.41. The Morgan fingerprint density at radius 2 is 1.74 bits per heavy atom. The Morgan fingerprint density at radius 3 is 2.37 bits per heavy atom. The Labute approximate surface area is 160 Å². The first-order valence-electron chi connectivity index (χ1n) is 9.41. The smallest absolute Gasteiger partial charge is 0.410 e. The number of aromatic nitrogens is 2. The van der Waals surface area contributed by atoms with Crippen LogP contribution in [0.1, 0.15) is 42.5 Å². The summed E-state index contributed by atoms with van der Waals surface area (Å²) in [5.41, 5.74) is 4.60. The van der Waals surface area contributed by atoms with Crippen LogP contribution in [-0.4, -0.2) is 82.0 Å². The molecule has 1 fully saturated rings. The van der Waals surface area contributed by atoms with Gasteiger partial charge in [0, 0.05) is 57.4 Å². The quantitative estimate of drug-likeness (QED) is 0.812. The predicted octanol–water partition coefficient (Wildman–Crippen LogP) is 0.606. The van der Waals surface area contributed by atoms with Crippen LogP contribution < -0.4 is 5.43 Å². The van der Waals surface area contributed by atoms with E-state index in [1.54, 1.807) is 9.58 Å². The number of piperazine rings is 1.